The topological polar surface area (TPSA) is 84.1 Å². The number of aromatic nitrogens is 2. The average Bonchev–Trinajstić information content (AvgIpc) is 3.21. The molecular formula is C26H37N5OS. The van der Waals surface area contributed by atoms with E-state index in [4.69, 9.17) is 5.73 Å². The molecule has 1 amide bonds. The Kier molecular flexibility index (Phi) is 8.51. The SMILES string of the molecule is CCCN(CCC1CCC(NC(=O)C=Cc2cccnc2)CC1)C1CCc2nc(N)sc2C1. The van der Waals surface area contributed by atoms with Gasteiger partial charge in [-0.2, -0.15) is 0 Å². The van der Waals surface area contributed by atoms with E-state index in [0.29, 0.717) is 12.1 Å². The highest BCUT2D eigenvalue weighted by molar-refractivity contribution is 7.15. The number of carbonyl (C=O) groups excluding carboxylic acids is 1. The summed E-state index contributed by atoms with van der Waals surface area (Å²) in [4.78, 5) is 25.0. The second-order valence-corrected chi connectivity index (χ2v) is 10.6. The molecule has 2 aliphatic carbocycles. The van der Waals surface area contributed by atoms with Gasteiger partial charge in [-0.25, -0.2) is 4.98 Å². The predicted octanol–water partition coefficient (Wildman–Crippen LogP) is 4.47. The van der Waals surface area contributed by atoms with Gasteiger partial charge in [0.2, 0.25) is 5.91 Å². The molecule has 0 spiro atoms. The molecule has 0 aromatic carbocycles. The lowest BCUT2D eigenvalue weighted by molar-refractivity contribution is -0.117. The van der Waals surface area contributed by atoms with Crippen LogP contribution in [-0.4, -0.2) is 45.9 Å². The van der Waals surface area contributed by atoms with E-state index >= 15 is 0 Å². The molecule has 0 radical (unpaired) electrons. The van der Waals surface area contributed by atoms with Crippen molar-refractivity contribution in [3.63, 3.8) is 0 Å². The van der Waals surface area contributed by atoms with Crippen molar-refractivity contribution >= 4 is 28.5 Å². The van der Waals surface area contributed by atoms with Crippen LogP contribution in [0.1, 0.15) is 68.0 Å². The minimum atomic E-state index is -0.00297. The summed E-state index contributed by atoms with van der Waals surface area (Å²) in [5, 5.41) is 3.91. The van der Waals surface area contributed by atoms with Gasteiger partial charge >= 0.3 is 0 Å². The van der Waals surface area contributed by atoms with Gasteiger partial charge in [-0.05, 0) is 94.5 Å². The number of aryl methyl sites for hydroxylation is 1. The summed E-state index contributed by atoms with van der Waals surface area (Å²) in [6, 6.07) is 4.75. The molecule has 178 valence electrons. The molecule has 1 saturated carbocycles. The fraction of sp³-hybridized carbons (Fsp3) is 0.577. The van der Waals surface area contributed by atoms with Crippen LogP contribution in [0.15, 0.2) is 30.6 Å². The van der Waals surface area contributed by atoms with Crippen molar-refractivity contribution in [1.29, 1.82) is 0 Å². The molecule has 2 aromatic rings. The molecule has 0 aliphatic heterocycles. The van der Waals surface area contributed by atoms with Crippen molar-refractivity contribution in [3.8, 4) is 0 Å². The molecule has 1 atom stereocenters. The number of hydrogen-bond acceptors (Lipinski definition) is 6. The first-order valence-corrected chi connectivity index (χ1v) is 13.3. The highest BCUT2D eigenvalue weighted by atomic mass is 32.1. The fourth-order valence-electron chi connectivity index (χ4n) is 5.29. The average molecular weight is 468 g/mol. The first-order chi connectivity index (χ1) is 16.1. The standard InChI is InChI=1S/C26H37N5OS/c1-2-15-31(22-10-11-23-24(17-22)33-26(27)30-23)16-13-19-5-8-21(9-6-19)29-25(32)12-7-20-4-3-14-28-18-20/h3-4,7,12,14,18-19,21-22H,2,5-6,8-11,13,15-17H2,1H3,(H2,27,30)(H,29,32). The van der Waals surface area contributed by atoms with Crippen LogP contribution >= 0.6 is 11.3 Å². The lowest BCUT2D eigenvalue weighted by atomic mass is 9.83. The lowest BCUT2D eigenvalue weighted by Crippen LogP contribution is -2.41. The molecule has 0 saturated heterocycles. The Morgan fingerprint density at radius 1 is 1.27 bits per heavy atom. The van der Waals surface area contributed by atoms with Crippen LogP contribution in [-0.2, 0) is 17.6 Å². The van der Waals surface area contributed by atoms with E-state index in [9.17, 15) is 4.79 Å². The van der Waals surface area contributed by atoms with Gasteiger partial charge in [0.1, 0.15) is 0 Å². The number of rotatable bonds is 9. The second-order valence-electron chi connectivity index (χ2n) is 9.49. The van der Waals surface area contributed by atoms with Crippen LogP contribution < -0.4 is 11.1 Å². The third kappa shape index (κ3) is 6.87. The number of nitrogen functional groups attached to an aromatic ring is 1. The van der Waals surface area contributed by atoms with Crippen molar-refractivity contribution in [2.45, 2.75) is 76.8 Å². The maximum Gasteiger partial charge on any atom is 0.244 e. The largest absolute Gasteiger partial charge is 0.375 e. The van der Waals surface area contributed by atoms with Crippen LogP contribution in [0.4, 0.5) is 5.13 Å². The van der Waals surface area contributed by atoms with Crippen molar-refractivity contribution < 1.29 is 4.79 Å². The number of fused-ring (bicyclic) bond motifs is 1. The number of thiazole rings is 1. The molecule has 2 aliphatic rings. The van der Waals surface area contributed by atoms with Gasteiger partial charge in [0.15, 0.2) is 5.13 Å². The summed E-state index contributed by atoms with van der Waals surface area (Å²) in [6.45, 7) is 4.63. The Morgan fingerprint density at radius 3 is 2.88 bits per heavy atom. The van der Waals surface area contributed by atoms with Gasteiger partial charge in [0, 0.05) is 35.4 Å². The summed E-state index contributed by atoms with van der Waals surface area (Å²) in [5.41, 5.74) is 8.12. The summed E-state index contributed by atoms with van der Waals surface area (Å²) in [6.07, 6.45) is 17.3. The van der Waals surface area contributed by atoms with Gasteiger partial charge in [-0.1, -0.05) is 13.0 Å². The van der Waals surface area contributed by atoms with Gasteiger partial charge < -0.3 is 16.0 Å². The number of nitrogens with one attached hydrogen (secondary N) is 1. The Labute approximate surface area is 201 Å². The smallest absolute Gasteiger partial charge is 0.244 e. The summed E-state index contributed by atoms with van der Waals surface area (Å²) in [5.74, 6) is 0.762. The highest BCUT2D eigenvalue weighted by Gasteiger charge is 2.28. The number of anilines is 1. The zero-order valence-electron chi connectivity index (χ0n) is 19.7. The van der Waals surface area contributed by atoms with Crippen molar-refractivity contribution in [3.05, 3.63) is 46.7 Å². The molecule has 2 heterocycles. The molecule has 33 heavy (non-hydrogen) atoms. The van der Waals surface area contributed by atoms with Gasteiger partial charge in [-0.15, -0.1) is 11.3 Å². The molecule has 4 rings (SSSR count). The first-order valence-electron chi connectivity index (χ1n) is 12.5. The molecule has 3 N–H and O–H groups in total. The molecule has 6 nitrogen and oxygen atoms in total. The summed E-state index contributed by atoms with van der Waals surface area (Å²) in [7, 11) is 0. The van der Waals surface area contributed by atoms with E-state index in [2.05, 4.69) is 27.1 Å². The maximum atomic E-state index is 12.3. The second kappa shape index (κ2) is 11.7. The van der Waals surface area contributed by atoms with Crippen LogP contribution in [0.3, 0.4) is 0 Å². The Morgan fingerprint density at radius 2 is 2.12 bits per heavy atom. The molecule has 0 bridgehead atoms. The van der Waals surface area contributed by atoms with E-state index in [0.717, 1.165) is 42.3 Å². The zero-order valence-corrected chi connectivity index (χ0v) is 20.5. The monoisotopic (exact) mass is 467 g/mol. The van der Waals surface area contributed by atoms with Crippen molar-refractivity contribution in [2.75, 3.05) is 18.8 Å². The Hall–Kier alpha value is -2.25. The molecule has 7 heteroatoms. The lowest BCUT2D eigenvalue weighted by Gasteiger charge is -2.36. The van der Waals surface area contributed by atoms with E-state index in [1.165, 1.54) is 55.8 Å². The van der Waals surface area contributed by atoms with Crippen LogP contribution in [0.2, 0.25) is 0 Å². The van der Waals surface area contributed by atoms with Gasteiger partial charge in [0.05, 0.1) is 5.69 Å². The number of carbonyl (C=O) groups is 1. The van der Waals surface area contributed by atoms with Crippen LogP contribution in [0, 0.1) is 5.92 Å². The molecule has 1 fully saturated rings. The van der Waals surface area contributed by atoms with Crippen molar-refractivity contribution in [1.82, 2.24) is 20.2 Å². The Bertz CT molecular complexity index is 920. The van der Waals surface area contributed by atoms with E-state index in [-0.39, 0.29) is 5.91 Å². The highest BCUT2D eigenvalue weighted by Crippen LogP contribution is 2.32. The van der Waals surface area contributed by atoms with Gasteiger partial charge in [-0.3, -0.25) is 9.78 Å². The number of nitrogens with zero attached hydrogens (tertiary/aromatic N) is 3. The number of amides is 1. The molecule has 2 aromatic heterocycles. The first kappa shape index (κ1) is 23.9. The minimum absolute atomic E-state index is 0.00297. The van der Waals surface area contributed by atoms with Gasteiger partial charge in [0.25, 0.3) is 0 Å². The fourth-order valence-corrected chi connectivity index (χ4v) is 6.24. The van der Waals surface area contributed by atoms with Crippen molar-refractivity contribution in [2.24, 2.45) is 5.92 Å². The van der Waals surface area contributed by atoms with E-state index in [1.807, 2.05) is 18.2 Å². The van der Waals surface area contributed by atoms with Crippen LogP contribution in [0.5, 0.6) is 0 Å². The third-order valence-corrected chi connectivity index (χ3v) is 8.04. The quantitative estimate of drug-likeness (QED) is 0.532. The Balaban J connectivity index is 1.19. The normalized spacial score (nSPS) is 23.0. The van der Waals surface area contributed by atoms with Crippen LogP contribution in [0.25, 0.3) is 6.08 Å². The summed E-state index contributed by atoms with van der Waals surface area (Å²) < 4.78 is 0. The number of hydrogen-bond donors (Lipinski definition) is 2. The molecular weight excluding hydrogens is 430 g/mol. The number of nitrogens with two attached hydrogens (primary N) is 1. The predicted molar refractivity (Wildman–Crippen MR) is 136 cm³/mol. The maximum absolute atomic E-state index is 12.3. The minimum Gasteiger partial charge on any atom is -0.375 e. The third-order valence-electron chi connectivity index (χ3n) is 7.09. The van der Waals surface area contributed by atoms with E-state index < -0.39 is 0 Å². The number of pyridine rings is 1. The molecule has 1 unspecified atom stereocenters. The summed E-state index contributed by atoms with van der Waals surface area (Å²) >= 11 is 1.68. The van der Waals surface area contributed by atoms with E-state index in [1.54, 1.807) is 29.8 Å². The zero-order chi connectivity index (χ0) is 23.0.